The lowest BCUT2D eigenvalue weighted by atomic mass is 9.82. The van der Waals surface area contributed by atoms with E-state index in [-0.39, 0.29) is 11.8 Å². The minimum atomic E-state index is -0.729. The van der Waals surface area contributed by atoms with E-state index in [1.807, 2.05) is 4.90 Å². The Labute approximate surface area is 108 Å². The van der Waals surface area contributed by atoms with Gasteiger partial charge in [-0.1, -0.05) is 0 Å². The summed E-state index contributed by atoms with van der Waals surface area (Å²) in [5.74, 6) is 0.189. The Balaban J connectivity index is 1.63. The maximum absolute atomic E-state index is 12.8. The van der Waals surface area contributed by atoms with Crippen LogP contribution in [-0.2, 0) is 4.79 Å². The van der Waals surface area contributed by atoms with Crippen molar-refractivity contribution in [1.29, 1.82) is 0 Å². The highest BCUT2D eigenvalue weighted by Gasteiger charge is 2.45. The van der Waals surface area contributed by atoms with Crippen LogP contribution in [0.15, 0.2) is 0 Å². The van der Waals surface area contributed by atoms with E-state index in [0.717, 1.165) is 13.1 Å². The van der Waals surface area contributed by atoms with E-state index in [1.165, 1.54) is 12.8 Å². The number of hydrogen-bond donors (Lipinski definition) is 0. The first-order valence-electron chi connectivity index (χ1n) is 7.26. The molecule has 3 aliphatic rings. The van der Waals surface area contributed by atoms with Crippen molar-refractivity contribution in [2.75, 3.05) is 13.1 Å². The Hall–Kier alpha value is -0.640. The third-order valence-electron chi connectivity index (χ3n) is 4.88. The van der Waals surface area contributed by atoms with Crippen LogP contribution in [0.4, 0.5) is 4.39 Å². The maximum Gasteiger partial charge on any atom is 0.226 e. The van der Waals surface area contributed by atoms with Crippen LogP contribution in [0, 0.1) is 5.92 Å². The number of rotatable bonds is 2. The van der Waals surface area contributed by atoms with Gasteiger partial charge in [0.15, 0.2) is 0 Å². The smallest absolute Gasteiger partial charge is 0.226 e. The molecule has 2 bridgehead atoms. The fourth-order valence-corrected chi connectivity index (χ4v) is 3.97. The predicted octanol–water partition coefficient (Wildman–Crippen LogP) is 1.82. The fraction of sp³-hybridized carbons (Fsp3) is 0.929. The molecule has 0 unspecified atom stereocenters. The van der Waals surface area contributed by atoms with Crippen molar-refractivity contribution in [3.63, 3.8) is 0 Å². The van der Waals surface area contributed by atoms with Crippen LogP contribution in [0.25, 0.3) is 0 Å². The zero-order valence-electron chi connectivity index (χ0n) is 11.3. The van der Waals surface area contributed by atoms with Crippen molar-refractivity contribution in [2.24, 2.45) is 5.92 Å². The Bertz CT molecular complexity index is 327. The quantitative estimate of drug-likeness (QED) is 0.750. The first-order valence-corrected chi connectivity index (χ1v) is 7.26. The number of alkyl halides is 1. The van der Waals surface area contributed by atoms with Crippen LogP contribution in [-0.4, -0.2) is 53.1 Å². The molecule has 3 fully saturated rings. The molecule has 0 aromatic heterocycles. The average Bonchev–Trinajstić information content (AvgIpc) is 2.56. The van der Waals surface area contributed by atoms with Gasteiger partial charge in [0, 0.05) is 37.1 Å². The van der Waals surface area contributed by atoms with Gasteiger partial charge in [0.1, 0.15) is 6.17 Å². The third-order valence-corrected chi connectivity index (χ3v) is 4.88. The number of hydrogen-bond acceptors (Lipinski definition) is 2. The van der Waals surface area contributed by atoms with Crippen LogP contribution < -0.4 is 0 Å². The standard InChI is InChI=1S/C14H23FN2O/c1-9(2)17-12-3-4-13(17)8-16(7-12)14(18)10-5-11(15)6-10/h9-13H,3-8H2,1-2H3/t10?,11?,12-,13-/m0/s1. The molecule has 3 nitrogen and oxygen atoms in total. The lowest BCUT2D eigenvalue weighted by Crippen LogP contribution is -2.58. The minimum Gasteiger partial charge on any atom is -0.339 e. The number of nitrogens with zero attached hydrogens (tertiary/aromatic N) is 2. The van der Waals surface area contributed by atoms with Crippen molar-refractivity contribution < 1.29 is 9.18 Å². The van der Waals surface area contributed by atoms with Gasteiger partial charge in [0.25, 0.3) is 0 Å². The largest absolute Gasteiger partial charge is 0.339 e. The average molecular weight is 254 g/mol. The van der Waals surface area contributed by atoms with Crippen LogP contribution in [0.1, 0.15) is 39.5 Å². The van der Waals surface area contributed by atoms with E-state index in [0.29, 0.717) is 31.0 Å². The van der Waals surface area contributed by atoms with Crippen molar-refractivity contribution in [2.45, 2.75) is 63.8 Å². The molecular weight excluding hydrogens is 231 g/mol. The zero-order valence-corrected chi connectivity index (χ0v) is 11.3. The molecular formula is C14H23FN2O. The lowest BCUT2D eigenvalue weighted by Gasteiger charge is -2.45. The second-order valence-electron chi connectivity index (χ2n) is 6.43. The van der Waals surface area contributed by atoms with E-state index in [9.17, 15) is 9.18 Å². The van der Waals surface area contributed by atoms with Gasteiger partial charge in [-0.25, -0.2) is 4.39 Å². The summed E-state index contributed by atoms with van der Waals surface area (Å²) in [5.41, 5.74) is 0. The minimum absolute atomic E-state index is 0.0231. The molecule has 18 heavy (non-hydrogen) atoms. The highest BCUT2D eigenvalue weighted by Crippen LogP contribution is 2.36. The number of likely N-dealkylation sites (tertiary alicyclic amines) is 1. The zero-order chi connectivity index (χ0) is 12.9. The molecule has 2 saturated heterocycles. The van der Waals surface area contributed by atoms with E-state index >= 15 is 0 Å². The molecule has 2 atom stereocenters. The van der Waals surface area contributed by atoms with E-state index in [4.69, 9.17) is 0 Å². The van der Waals surface area contributed by atoms with Crippen molar-refractivity contribution in [1.82, 2.24) is 9.80 Å². The molecule has 2 aliphatic heterocycles. The summed E-state index contributed by atoms with van der Waals surface area (Å²) >= 11 is 0. The van der Waals surface area contributed by atoms with Crippen LogP contribution in [0.5, 0.6) is 0 Å². The van der Waals surface area contributed by atoms with Crippen LogP contribution in [0.2, 0.25) is 0 Å². The molecule has 0 aromatic rings. The molecule has 1 aliphatic carbocycles. The van der Waals surface area contributed by atoms with Crippen molar-refractivity contribution in [3.8, 4) is 0 Å². The molecule has 3 rings (SSSR count). The number of halogens is 1. The van der Waals surface area contributed by atoms with Gasteiger partial charge >= 0.3 is 0 Å². The third kappa shape index (κ3) is 1.94. The Morgan fingerprint density at radius 3 is 2.17 bits per heavy atom. The summed E-state index contributed by atoms with van der Waals surface area (Å²) < 4.78 is 12.8. The number of carbonyl (C=O) groups is 1. The molecule has 0 N–H and O–H groups in total. The summed E-state index contributed by atoms with van der Waals surface area (Å²) in [6.45, 7) is 6.20. The van der Waals surface area contributed by atoms with Gasteiger partial charge in [-0.2, -0.15) is 0 Å². The van der Waals surface area contributed by atoms with E-state index in [1.54, 1.807) is 0 Å². The van der Waals surface area contributed by atoms with Gasteiger partial charge in [-0.15, -0.1) is 0 Å². The monoisotopic (exact) mass is 254 g/mol. The SMILES string of the molecule is CC(C)N1[C@H]2CC[C@H]1CN(C(=O)C1CC(F)C1)C2. The van der Waals surface area contributed by atoms with Crippen molar-refractivity contribution >= 4 is 5.91 Å². The number of carbonyl (C=O) groups excluding carboxylic acids is 1. The summed E-state index contributed by atoms with van der Waals surface area (Å²) in [5, 5.41) is 0. The lowest BCUT2D eigenvalue weighted by molar-refractivity contribution is -0.144. The Morgan fingerprint density at radius 1 is 1.17 bits per heavy atom. The molecule has 0 spiro atoms. The number of piperazine rings is 1. The molecule has 2 heterocycles. The molecule has 102 valence electrons. The second kappa shape index (κ2) is 4.48. The van der Waals surface area contributed by atoms with Crippen molar-refractivity contribution in [3.05, 3.63) is 0 Å². The Kier molecular flexibility index (Phi) is 3.08. The topological polar surface area (TPSA) is 23.6 Å². The fourth-order valence-electron chi connectivity index (χ4n) is 3.97. The maximum atomic E-state index is 12.8. The first kappa shape index (κ1) is 12.4. The molecule has 4 heteroatoms. The molecule has 1 amide bonds. The van der Waals surface area contributed by atoms with E-state index in [2.05, 4.69) is 18.7 Å². The molecule has 0 radical (unpaired) electrons. The number of fused-ring (bicyclic) bond motifs is 2. The van der Waals surface area contributed by atoms with Crippen LogP contribution in [0.3, 0.4) is 0 Å². The second-order valence-corrected chi connectivity index (χ2v) is 6.43. The van der Waals surface area contributed by atoms with Gasteiger partial charge < -0.3 is 4.90 Å². The highest BCUT2D eigenvalue weighted by molar-refractivity contribution is 5.80. The van der Waals surface area contributed by atoms with Gasteiger partial charge in [-0.3, -0.25) is 9.69 Å². The van der Waals surface area contributed by atoms with Crippen LogP contribution >= 0.6 is 0 Å². The summed E-state index contributed by atoms with van der Waals surface area (Å²) in [7, 11) is 0. The normalized spacial score (nSPS) is 40.1. The van der Waals surface area contributed by atoms with E-state index < -0.39 is 6.17 Å². The molecule has 1 saturated carbocycles. The summed E-state index contributed by atoms with van der Waals surface area (Å²) in [6, 6.07) is 1.64. The van der Waals surface area contributed by atoms with Gasteiger partial charge in [0.05, 0.1) is 0 Å². The van der Waals surface area contributed by atoms with Gasteiger partial charge in [0.2, 0.25) is 5.91 Å². The number of amides is 1. The summed E-state index contributed by atoms with van der Waals surface area (Å²) in [4.78, 5) is 16.8. The predicted molar refractivity (Wildman–Crippen MR) is 68.0 cm³/mol. The first-order chi connectivity index (χ1) is 8.56. The highest BCUT2D eigenvalue weighted by atomic mass is 19.1. The van der Waals surface area contributed by atoms with Gasteiger partial charge in [-0.05, 0) is 39.5 Å². The molecule has 0 aromatic carbocycles. The summed E-state index contributed by atoms with van der Waals surface area (Å²) in [6.07, 6.45) is 2.61. The Morgan fingerprint density at radius 2 is 1.72 bits per heavy atom.